The minimum Gasteiger partial charge on any atom is -0.482 e. The summed E-state index contributed by atoms with van der Waals surface area (Å²) in [6, 6.07) is 12.8. The van der Waals surface area contributed by atoms with Crippen LogP contribution in [0.1, 0.15) is 0 Å². The van der Waals surface area contributed by atoms with Crippen LogP contribution in [0.4, 0.5) is 0 Å². The summed E-state index contributed by atoms with van der Waals surface area (Å²) < 4.78 is 23.2. The average molecular weight is 364 g/mol. The van der Waals surface area contributed by atoms with E-state index in [4.69, 9.17) is 19.7 Å². The summed E-state index contributed by atoms with van der Waals surface area (Å²) in [5.74, 6) is -1.39. The maximum absolute atomic E-state index is 13.1. The molecule has 0 amide bonds. The smallest absolute Gasteiger partial charge is 0.341 e. The molecule has 2 rings (SSSR count). The number of ether oxygens (including phenoxy) is 2. The fraction of sp³-hybridized carbons (Fsp3) is 0.176. The Labute approximate surface area is 144 Å². The second-order valence-corrected chi connectivity index (χ2v) is 8.16. The molecular formula is C17H17O7P. The van der Waals surface area contributed by atoms with Crippen molar-refractivity contribution >= 4 is 29.7 Å². The number of hydrogen-bond acceptors (Lipinski definition) is 5. The van der Waals surface area contributed by atoms with Crippen LogP contribution >= 0.6 is 7.14 Å². The Hall–Kier alpha value is -2.79. The third kappa shape index (κ3) is 5.09. The molecule has 8 heteroatoms. The summed E-state index contributed by atoms with van der Waals surface area (Å²) >= 11 is 0. The van der Waals surface area contributed by atoms with Crippen LogP contribution < -0.4 is 20.1 Å². The van der Waals surface area contributed by atoms with Gasteiger partial charge in [-0.3, -0.25) is 0 Å². The zero-order chi connectivity index (χ0) is 18.4. The molecule has 0 radical (unpaired) electrons. The Balaban J connectivity index is 2.13. The second-order valence-electron chi connectivity index (χ2n) is 5.28. The van der Waals surface area contributed by atoms with E-state index in [1.165, 1.54) is 0 Å². The van der Waals surface area contributed by atoms with Gasteiger partial charge in [0, 0.05) is 10.6 Å². The molecule has 0 saturated heterocycles. The van der Waals surface area contributed by atoms with Gasteiger partial charge in [-0.2, -0.15) is 0 Å². The molecule has 0 aliphatic heterocycles. The van der Waals surface area contributed by atoms with E-state index < -0.39 is 32.3 Å². The van der Waals surface area contributed by atoms with Crippen LogP contribution in [0.15, 0.2) is 48.5 Å². The molecule has 2 aromatic carbocycles. The number of carboxylic acid groups (broad SMARTS) is 2. The van der Waals surface area contributed by atoms with E-state index in [0.717, 1.165) is 0 Å². The molecule has 0 spiro atoms. The number of aliphatic carboxylic acids is 2. The van der Waals surface area contributed by atoms with Crippen LogP contribution in [0.5, 0.6) is 11.5 Å². The lowest BCUT2D eigenvalue weighted by Crippen LogP contribution is -2.16. The maximum Gasteiger partial charge on any atom is 0.341 e. The molecule has 2 aromatic rings. The van der Waals surface area contributed by atoms with E-state index in [0.29, 0.717) is 22.1 Å². The summed E-state index contributed by atoms with van der Waals surface area (Å²) in [5.41, 5.74) is 0. The zero-order valence-electron chi connectivity index (χ0n) is 13.4. The van der Waals surface area contributed by atoms with E-state index in [9.17, 15) is 14.2 Å². The van der Waals surface area contributed by atoms with Gasteiger partial charge < -0.3 is 24.3 Å². The predicted molar refractivity (Wildman–Crippen MR) is 91.9 cm³/mol. The molecule has 0 aliphatic carbocycles. The van der Waals surface area contributed by atoms with Crippen molar-refractivity contribution < 1.29 is 33.8 Å². The zero-order valence-corrected chi connectivity index (χ0v) is 14.3. The Kier molecular flexibility index (Phi) is 5.83. The molecule has 0 unspecified atom stereocenters. The molecule has 25 heavy (non-hydrogen) atoms. The van der Waals surface area contributed by atoms with Crippen molar-refractivity contribution in [3.63, 3.8) is 0 Å². The van der Waals surface area contributed by atoms with E-state index in [1.54, 1.807) is 55.2 Å². The van der Waals surface area contributed by atoms with E-state index in [-0.39, 0.29) is 0 Å². The van der Waals surface area contributed by atoms with Crippen molar-refractivity contribution in [2.24, 2.45) is 0 Å². The molecular weight excluding hydrogens is 347 g/mol. The van der Waals surface area contributed by atoms with Gasteiger partial charge in [-0.05, 0) is 55.2 Å². The monoisotopic (exact) mass is 364 g/mol. The normalized spacial score (nSPS) is 10.9. The van der Waals surface area contributed by atoms with Crippen LogP contribution in [-0.2, 0) is 14.2 Å². The standard InChI is InChI=1S/C17H17O7P/c1-25(22,14-6-2-12(3-7-14)23-10-16(18)19)15-8-4-13(5-9-15)24-11-17(20)21/h2-9H,10-11H2,1H3,(H,18,19)(H,20,21). The maximum atomic E-state index is 13.1. The number of rotatable bonds is 8. The van der Waals surface area contributed by atoms with E-state index in [2.05, 4.69) is 0 Å². The van der Waals surface area contributed by atoms with Gasteiger partial charge in [0.05, 0.1) is 0 Å². The van der Waals surface area contributed by atoms with Crippen molar-refractivity contribution in [1.29, 1.82) is 0 Å². The topological polar surface area (TPSA) is 110 Å². The van der Waals surface area contributed by atoms with Crippen LogP contribution in [0.3, 0.4) is 0 Å². The highest BCUT2D eigenvalue weighted by atomic mass is 31.2. The van der Waals surface area contributed by atoms with Gasteiger partial charge in [-0.15, -0.1) is 0 Å². The summed E-state index contributed by atoms with van der Waals surface area (Å²) in [4.78, 5) is 21.0. The number of benzene rings is 2. The highest BCUT2D eigenvalue weighted by Gasteiger charge is 2.21. The Morgan fingerprint density at radius 2 is 1.12 bits per heavy atom. The molecule has 2 N–H and O–H groups in total. The van der Waals surface area contributed by atoms with Gasteiger partial charge in [0.25, 0.3) is 0 Å². The Morgan fingerprint density at radius 1 is 0.800 bits per heavy atom. The first-order chi connectivity index (χ1) is 11.8. The average Bonchev–Trinajstić information content (AvgIpc) is 2.59. The molecule has 0 saturated carbocycles. The van der Waals surface area contributed by atoms with Crippen molar-refractivity contribution in [2.45, 2.75) is 0 Å². The summed E-state index contributed by atoms with van der Waals surface area (Å²) in [6.07, 6.45) is 0. The van der Waals surface area contributed by atoms with Gasteiger partial charge in [0.15, 0.2) is 13.2 Å². The van der Waals surface area contributed by atoms with Gasteiger partial charge in [-0.1, -0.05) is 0 Å². The molecule has 0 aromatic heterocycles. The minimum absolute atomic E-state index is 0.378. The predicted octanol–water partition coefficient (Wildman–Crippen LogP) is 1.56. The lowest BCUT2D eigenvalue weighted by Gasteiger charge is -2.15. The van der Waals surface area contributed by atoms with E-state index in [1.807, 2.05) is 0 Å². The van der Waals surface area contributed by atoms with Crippen LogP contribution in [0, 0.1) is 0 Å². The third-order valence-electron chi connectivity index (χ3n) is 3.38. The summed E-state index contributed by atoms with van der Waals surface area (Å²) in [6.45, 7) is 0.731. The van der Waals surface area contributed by atoms with Crippen molar-refractivity contribution in [3.8, 4) is 11.5 Å². The first kappa shape index (κ1) is 18.5. The number of hydrogen-bond donors (Lipinski definition) is 2. The van der Waals surface area contributed by atoms with Gasteiger partial charge in [0.2, 0.25) is 0 Å². The van der Waals surface area contributed by atoms with Gasteiger partial charge in [0.1, 0.15) is 18.6 Å². The summed E-state index contributed by atoms with van der Waals surface area (Å²) in [7, 11) is -2.86. The molecule has 0 heterocycles. The minimum atomic E-state index is -2.86. The fourth-order valence-electron chi connectivity index (χ4n) is 2.09. The number of carboxylic acids is 2. The largest absolute Gasteiger partial charge is 0.482 e. The summed E-state index contributed by atoms with van der Waals surface area (Å²) in [5, 5.41) is 18.4. The molecule has 0 bridgehead atoms. The fourth-order valence-corrected chi connectivity index (χ4v) is 3.83. The van der Waals surface area contributed by atoms with Crippen molar-refractivity contribution in [3.05, 3.63) is 48.5 Å². The molecule has 0 atom stereocenters. The highest BCUT2D eigenvalue weighted by Crippen LogP contribution is 2.39. The Morgan fingerprint density at radius 3 is 1.40 bits per heavy atom. The van der Waals surface area contributed by atoms with Crippen LogP contribution in [-0.4, -0.2) is 42.0 Å². The molecule has 132 valence electrons. The second kappa shape index (κ2) is 7.85. The molecule has 0 fully saturated rings. The van der Waals surface area contributed by atoms with Gasteiger partial charge in [-0.25, -0.2) is 9.59 Å². The third-order valence-corrected chi connectivity index (χ3v) is 5.95. The van der Waals surface area contributed by atoms with Crippen molar-refractivity contribution in [2.75, 3.05) is 19.9 Å². The highest BCUT2D eigenvalue weighted by molar-refractivity contribution is 7.78. The first-order valence-electron chi connectivity index (χ1n) is 7.27. The molecule has 7 nitrogen and oxygen atoms in total. The number of carbonyl (C=O) groups is 2. The lowest BCUT2D eigenvalue weighted by atomic mass is 10.3. The molecule has 0 aliphatic rings. The lowest BCUT2D eigenvalue weighted by molar-refractivity contribution is -0.140. The Bertz CT molecular complexity index is 731. The van der Waals surface area contributed by atoms with Crippen LogP contribution in [0.25, 0.3) is 0 Å². The van der Waals surface area contributed by atoms with Crippen molar-refractivity contribution in [1.82, 2.24) is 0 Å². The van der Waals surface area contributed by atoms with Crippen LogP contribution in [0.2, 0.25) is 0 Å². The quantitative estimate of drug-likeness (QED) is 0.684. The first-order valence-corrected chi connectivity index (χ1v) is 9.42. The van der Waals surface area contributed by atoms with Gasteiger partial charge >= 0.3 is 11.9 Å². The van der Waals surface area contributed by atoms with E-state index >= 15 is 0 Å². The SMILES string of the molecule is CP(=O)(c1ccc(OCC(=O)O)cc1)c1ccc(OCC(=O)O)cc1.